The first-order valence-electron chi connectivity index (χ1n) is 11.3. The first-order valence-corrected chi connectivity index (χ1v) is 18.8. The molecule has 0 aliphatic heterocycles. The van der Waals surface area contributed by atoms with Crippen molar-refractivity contribution in [3.63, 3.8) is 0 Å². The zero-order valence-corrected chi connectivity index (χ0v) is 20.9. The Balaban J connectivity index is 2.47. The molecule has 1 aliphatic rings. The Kier molecular flexibility index (Phi) is 9.17. The van der Waals surface area contributed by atoms with Crippen LogP contribution in [0.15, 0.2) is 30.3 Å². The van der Waals surface area contributed by atoms with Gasteiger partial charge in [-0.15, -0.1) is 0 Å². The summed E-state index contributed by atoms with van der Waals surface area (Å²) in [7, 11) is 0. The predicted octanol–water partition coefficient (Wildman–Crippen LogP) is 7.33. The Morgan fingerprint density at radius 1 is 0.963 bits per heavy atom. The molecule has 2 atom stereocenters. The van der Waals surface area contributed by atoms with Crippen LogP contribution in [0, 0.1) is 0 Å². The summed E-state index contributed by atoms with van der Waals surface area (Å²) in [6.45, 7) is 9.38. The molecule has 27 heavy (non-hydrogen) atoms. The summed E-state index contributed by atoms with van der Waals surface area (Å²) in [6.07, 6.45) is 8.68. The summed E-state index contributed by atoms with van der Waals surface area (Å²) in [4.78, 5) is 13.5. The van der Waals surface area contributed by atoms with Crippen LogP contribution in [-0.2, 0) is 9.53 Å². The monoisotopic (exact) mass is 480 g/mol. The Morgan fingerprint density at radius 3 is 1.93 bits per heavy atom. The quantitative estimate of drug-likeness (QED) is 0.219. The van der Waals surface area contributed by atoms with Crippen LogP contribution in [0.3, 0.4) is 0 Å². The second-order valence-corrected chi connectivity index (χ2v) is 22.6. The van der Waals surface area contributed by atoms with Crippen molar-refractivity contribution in [1.82, 2.24) is 0 Å². The van der Waals surface area contributed by atoms with E-state index in [9.17, 15) is 4.79 Å². The second kappa shape index (κ2) is 10.9. The van der Waals surface area contributed by atoms with Crippen LogP contribution < -0.4 is 0 Å². The van der Waals surface area contributed by atoms with Crippen LogP contribution >= 0.6 is 0 Å². The Labute approximate surface area is 171 Å². The van der Waals surface area contributed by atoms with Gasteiger partial charge in [-0.25, -0.2) is 0 Å². The number of carbonyl (C=O) groups is 1. The van der Waals surface area contributed by atoms with Gasteiger partial charge in [-0.1, -0.05) is 0 Å². The van der Waals surface area contributed by atoms with E-state index in [-0.39, 0.29) is 9.40 Å². The predicted molar refractivity (Wildman–Crippen MR) is 118 cm³/mol. The van der Waals surface area contributed by atoms with Gasteiger partial charge in [-0.3, -0.25) is 0 Å². The molecule has 1 saturated carbocycles. The average Bonchev–Trinajstić information content (AvgIpc) is 3.46. The molecule has 2 nitrogen and oxygen atoms in total. The Bertz CT molecular complexity index is 549. The number of ether oxygens (including phenoxy) is 1. The molecular formula is C24H40O2Sn. The third-order valence-corrected chi connectivity index (χ3v) is 25.6. The molecule has 1 aliphatic carbocycles. The maximum absolute atomic E-state index is 13.5. The standard InChI is InChI=1S/C12H13O2.3C4H9.Sn/c1-2-14-12(13)11-8-10(11)9-6-4-3-5-7-9;3*1-3-4-2;/h3-7,10H,2,8H2,1H3;3*1,3-4H2,2H3;/t10-;;;;/m0..../s1. The molecule has 0 saturated heterocycles. The number of esters is 1. The van der Waals surface area contributed by atoms with Crippen LogP contribution in [0.25, 0.3) is 0 Å². The minimum atomic E-state index is -2.76. The molecule has 0 radical (unpaired) electrons. The SMILES string of the molecule is CCC[CH2][Sn]([CH2]CCC)([CH2]CCC)[C@@]1(C(=O)OCC)C[C@H]1c1ccccc1. The fourth-order valence-corrected chi connectivity index (χ4v) is 25.9. The topological polar surface area (TPSA) is 26.3 Å². The van der Waals surface area contributed by atoms with Crippen molar-refractivity contribution in [2.24, 2.45) is 0 Å². The van der Waals surface area contributed by atoms with Crippen LogP contribution in [0.5, 0.6) is 0 Å². The molecule has 3 heteroatoms. The Hall–Kier alpha value is -0.511. The fraction of sp³-hybridized carbons (Fsp3) is 0.708. The van der Waals surface area contributed by atoms with E-state index < -0.39 is 18.4 Å². The van der Waals surface area contributed by atoms with Gasteiger partial charge in [0.2, 0.25) is 0 Å². The van der Waals surface area contributed by atoms with Gasteiger partial charge in [-0.2, -0.15) is 0 Å². The van der Waals surface area contributed by atoms with Crippen molar-refractivity contribution in [2.75, 3.05) is 6.61 Å². The summed E-state index contributed by atoms with van der Waals surface area (Å²) in [5.74, 6) is 0.581. The van der Waals surface area contributed by atoms with Crippen molar-refractivity contribution in [2.45, 2.75) is 95.3 Å². The van der Waals surface area contributed by atoms with E-state index in [1.807, 2.05) is 6.92 Å². The van der Waals surface area contributed by atoms with E-state index >= 15 is 0 Å². The molecule has 152 valence electrons. The number of unbranched alkanes of at least 4 members (excludes halogenated alkanes) is 3. The van der Waals surface area contributed by atoms with Crippen LogP contribution in [0.1, 0.15) is 84.1 Å². The molecule has 0 heterocycles. The van der Waals surface area contributed by atoms with Crippen LogP contribution in [0.2, 0.25) is 16.7 Å². The normalized spacial score (nSPS) is 21.9. The first kappa shape index (κ1) is 22.8. The van der Waals surface area contributed by atoms with E-state index in [2.05, 4.69) is 51.1 Å². The van der Waals surface area contributed by atoms with Crippen molar-refractivity contribution in [1.29, 1.82) is 0 Å². The molecule has 0 N–H and O–H groups in total. The van der Waals surface area contributed by atoms with Gasteiger partial charge in [0.15, 0.2) is 0 Å². The second-order valence-electron chi connectivity index (χ2n) is 8.45. The molecule has 1 aromatic rings. The molecule has 1 fully saturated rings. The van der Waals surface area contributed by atoms with E-state index in [0.29, 0.717) is 12.5 Å². The van der Waals surface area contributed by atoms with Crippen LogP contribution in [0.4, 0.5) is 0 Å². The molecular weight excluding hydrogens is 439 g/mol. The van der Waals surface area contributed by atoms with Gasteiger partial charge in [-0.05, 0) is 0 Å². The van der Waals surface area contributed by atoms with Gasteiger partial charge in [0.05, 0.1) is 0 Å². The van der Waals surface area contributed by atoms with Gasteiger partial charge in [0.25, 0.3) is 0 Å². The zero-order valence-electron chi connectivity index (χ0n) is 18.1. The number of benzene rings is 1. The molecule has 0 spiro atoms. The van der Waals surface area contributed by atoms with Crippen molar-refractivity contribution < 1.29 is 9.53 Å². The minimum absolute atomic E-state index is 0.106. The van der Waals surface area contributed by atoms with Gasteiger partial charge in [0, 0.05) is 0 Å². The number of hydrogen-bond donors (Lipinski definition) is 0. The summed E-state index contributed by atoms with van der Waals surface area (Å²) in [5, 5.41) is 0. The Morgan fingerprint density at radius 2 is 1.48 bits per heavy atom. The van der Waals surface area contributed by atoms with Crippen molar-refractivity contribution in [3.8, 4) is 0 Å². The van der Waals surface area contributed by atoms with Gasteiger partial charge in [0.1, 0.15) is 0 Å². The van der Waals surface area contributed by atoms with E-state index in [1.54, 1.807) is 0 Å². The summed E-state index contributed by atoms with van der Waals surface area (Å²) >= 11 is -2.76. The van der Waals surface area contributed by atoms with E-state index in [1.165, 1.54) is 57.4 Å². The van der Waals surface area contributed by atoms with Gasteiger partial charge < -0.3 is 0 Å². The third kappa shape index (κ3) is 4.92. The van der Waals surface area contributed by atoms with Crippen molar-refractivity contribution in [3.05, 3.63) is 35.9 Å². The fourth-order valence-electron chi connectivity index (χ4n) is 5.23. The average molecular weight is 479 g/mol. The summed E-state index contributed by atoms with van der Waals surface area (Å²) in [5.41, 5.74) is 1.37. The summed E-state index contributed by atoms with van der Waals surface area (Å²) in [6, 6.07) is 10.8. The number of carbonyl (C=O) groups excluding carboxylic acids is 1. The van der Waals surface area contributed by atoms with Crippen molar-refractivity contribution >= 4 is 24.3 Å². The van der Waals surface area contributed by atoms with Gasteiger partial charge >= 0.3 is 172 Å². The molecule has 0 aromatic heterocycles. The van der Waals surface area contributed by atoms with E-state index in [0.717, 1.165) is 6.42 Å². The number of hydrogen-bond acceptors (Lipinski definition) is 2. The molecule has 0 amide bonds. The third-order valence-electron chi connectivity index (χ3n) is 6.78. The molecule has 2 rings (SSSR count). The molecule has 0 unspecified atom stereocenters. The zero-order chi connectivity index (χ0) is 19.8. The summed E-state index contributed by atoms with van der Waals surface area (Å²) < 4.78 is 9.78. The van der Waals surface area contributed by atoms with E-state index in [4.69, 9.17) is 4.74 Å². The maximum atomic E-state index is 13.5. The number of rotatable bonds is 13. The van der Waals surface area contributed by atoms with Crippen LogP contribution in [-0.4, -0.2) is 31.0 Å². The molecule has 0 bridgehead atoms. The molecule has 1 aromatic carbocycles. The first-order chi connectivity index (χ1) is 13.1.